The molecule has 1 aromatic carbocycles. The molecule has 2 aromatic heterocycles. The maximum absolute atomic E-state index is 13.9. The minimum absolute atomic E-state index is 0.323. The van der Waals surface area contributed by atoms with Gasteiger partial charge in [-0.15, -0.1) is 0 Å². The van der Waals surface area contributed by atoms with Gasteiger partial charge in [-0.3, -0.25) is 0 Å². The molecular formula is C14H13ClFN5. The van der Waals surface area contributed by atoms with Gasteiger partial charge in [-0.05, 0) is 19.1 Å². The van der Waals surface area contributed by atoms with E-state index in [0.717, 1.165) is 11.5 Å². The Kier molecular flexibility index (Phi) is 3.47. The van der Waals surface area contributed by atoms with Crippen LogP contribution >= 0.6 is 11.6 Å². The van der Waals surface area contributed by atoms with Crippen LogP contribution in [0.1, 0.15) is 11.3 Å². The monoisotopic (exact) mass is 305 g/mol. The average Bonchev–Trinajstić information content (AvgIpc) is 2.90. The third kappa shape index (κ3) is 2.54. The van der Waals surface area contributed by atoms with E-state index in [2.05, 4.69) is 15.1 Å². The zero-order valence-electron chi connectivity index (χ0n) is 11.6. The Morgan fingerprint density at radius 1 is 1.38 bits per heavy atom. The first-order valence-electron chi connectivity index (χ1n) is 6.37. The minimum atomic E-state index is -0.324. The number of fused-ring (bicyclic) bond motifs is 1. The standard InChI is InChI=1S/C14H13ClFN5/c1-9-6-13(21-14(19-9)17-8-18-21)20(2)7-10-11(15)4-3-5-12(10)16/h3-6,8H,7H2,1-2H3. The Balaban J connectivity index is 2.01. The summed E-state index contributed by atoms with van der Waals surface area (Å²) in [6.07, 6.45) is 1.44. The highest BCUT2D eigenvalue weighted by atomic mass is 35.5. The van der Waals surface area contributed by atoms with Crippen LogP contribution in [0.2, 0.25) is 5.02 Å². The summed E-state index contributed by atoms with van der Waals surface area (Å²) in [6, 6.07) is 6.54. The Hall–Kier alpha value is -2.21. The van der Waals surface area contributed by atoms with Crippen molar-refractivity contribution in [1.82, 2.24) is 19.6 Å². The van der Waals surface area contributed by atoms with E-state index in [4.69, 9.17) is 11.6 Å². The maximum Gasteiger partial charge on any atom is 0.254 e. The van der Waals surface area contributed by atoms with E-state index in [1.54, 1.807) is 16.6 Å². The molecule has 0 saturated heterocycles. The van der Waals surface area contributed by atoms with Gasteiger partial charge in [0.05, 0.1) is 0 Å². The van der Waals surface area contributed by atoms with Crippen molar-refractivity contribution in [2.75, 3.05) is 11.9 Å². The molecule has 0 bridgehead atoms. The summed E-state index contributed by atoms with van der Waals surface area (Å²) in [7, 11) is 1.85. The van der Waals surface area contributed by atoms with Crippen LogP contribution in [-0.4, -0.2) is 26.6 Å². The molecule has 0 N–H and O–H groups in total. The third-order valence-corrected chi connectivity index (χ3v) is 3.56. The molecule has 21 heavy (non-hydrogen) atoms. The normalized spacial score (nSPS) is 11.0. The van der Waals surface area contributed by atoms with Crippen LogP contribution in [-0.2, 0) is 6.54 Å². The highest BCUT2D eigenvalue weighted by Crippen LogP contribution is 2.23. The molecule has 0 spiro atoms. The smallest absolute Gasteiger partial charge is 0.254 e. The molecule has 3 aromatic rings. The van der Waals surface area contributed by atoms with Crippen molar-refractivity contribution in [3.8, 4) is 0 Å². The van der Waals surface area contributed by atoms with Crippen LogP contribution in [0.25, 0.3) is 5.78 Å². The van der Waals surface area contributed by atoms with Crippen LogP contribution in [0.3, 0.4) is 0 Å². The molecule has 0 aliphatic carbocycles. The van der Waals surface area contributed by atoms with Crippen LogP contribution in [0.4, 0.5) is 10.2 Å². The van der Waals surface area contributed by atoms with Gasteiger partial charge in [0.1, 0.15) is 18.0 Å². The number of rotatable bonds is 3. The number of aromatic nitrogens is 4. The van der Waals surface area contributed by atoms with Crippen LogP contribution in [0.15, 0.2) is 30.6 Å². The van der Waals surface area contributed by atoms with Gasteiger partial charge in [-0.25, -0.2) is 9.37 Å². The van der Waals surface area contributed by atoms with Gasteiger partial charge in [0.15, 0.2) is 0 Å². The summed E-state index contributed by atoms with van der Waals surface area (Å²) in [5, 5.41) is 4.55. The molecule has 0 saturated carbocycles. The summed E-state index contributed by atoms with van der Waals surface area (Å²) in [4.78, 5) is 10.2. The second-order valence-corrected chi connectivity index (χ2v) is 5.19. The zero-order valence-corrected chi connectivity index (χ0v) is 12.3. The zero-order chi connectivity index (χ0) is 15.0. The minimum Gasteiger partial charge on any atom is -0.355 e. The molecule has 7 heteroatoms. The second kappa shape index (κ2) is 5.29. The number of halogens is 2. The fourth-order valence-corrected chi connectivity index (χ4v) is 2.41. The molecule has 5 nitrogen and oxygen atoms in total. The molecule has 0 atom stereocenters. The highest BCUT2D eigenvalue weighted by molar-refractivity contribution is 6.31. The summed E-state index contributed by atoms with van der Waals surface area (Å²) in [5.41, 5.74) is 1.27. The van der Waals surface area contributed by atoms with E-state index in [1.807, 2.05) is 24.9 Å². The SMILES string of the molecule is Cc1cc(N(C)Cc2c(F)cccc2Cl)n2ncnc2n1. The van der Waals surface area contributed by atoms with Crippen molar-refractivity contribution in [3.05, 3.63) is 52.7 Å². The molecule has 108 valence electrons. The Morgan fingerprint density at radius 3 is 2.95 bits per heavy atom. The topological polar surface area (TPSA) is 46.3 Å². The molecular weight excluding hydrogens is 293 g/mol. The van der Waals surface area contributed by atoms with E-state index in [9.17, 15) is 4.39 Å². The van der Waals surface area contributed by atoms with Crippen molar-refractivity contribution in [1.29, 1.82) is 0 Å². The average molecular weight is 306 g/mol. The van der Waals surface area contributed by atoms with Crippen LogP contribution < -0.4 is 4.90 Å². The molecule has 2 heterocycles. The van der Waals surface area contributed by atoms with Crippen molar-refractivity contribution in [2.45, 2.75) is 13.5 Å². The lowest BCUT2D eigenvalue weighted by atomic mass is 10.2. The fraction of sp³-hybridized carbons (Fsp3) is 0.214. The molecule has 0 aliphatic heterocycles. The number of aryl methyl sites for hydroxylation is 1. The van der Waals surface area contributed by atoms with E-state index < -0.39 is 0 Å². The molecule has 0 radical (unpaired) electrons. The lowest BCUT2D eigenvalue weighted by molar-refractivity contribution is 0.607. The number of benzene rings is 1. The van der Waals surface area contributed by atoms with Gasteiger partial charge >= 0.3 is 0 Å². The predicted molar refractivity (Wildman–Crippen MR) is 79.0 cm³/mol. The Morgan fingerprint density at radius 2 is 2.19 bits per heavy atom. The molecule has 0 amide bonds. The van der Waals surface area contributed by atoms with E-state index >= 15 is 0 Å². The molecule has 0 aliphatic rings. The fourth-order valence-electron chi connectivity index (χ4n) is 2.18. The Labute approximate surface area is 126 Å². The van der Waals surface area contributed by atoms with Gasteiger partial charge < -0.3 is 4.90 Å². The van der Waals surface area contributed by atoms with E-state index in [1.165, 1.54) is 12.4 Å². The summed E-state index contributed by atoms with van der Waals surface area (Å²) < 4.78 is 15.5. The Bertz CT molecular complexity index is 781. The van der Waals surface area contributed by atoms with Gasteiger partial charge in [0.25, 0.3) is 5.78 Å². The summed E-state index contributed by atoms with van der Waals surface area (Å²) >= 11 is 6.08. The van der Waals surface area contributed by atoms with Crippen LogP contribution in [0.5, 0.6) is 0 Å². The molecule has 0 fully saturated rings. The number of hydrogen-bond acceptors (Lipinski definition) is 4. The predicted octanol–water partition coefficient (Wildman–Crippen LogP) is 2.86. The largest absolute Gasteiger partial charge is 0.355 e. The van der Waals surface area contributed by atoms with Crippen molar-refractivity contribution in [3.63, 3.8) is 0 Å². The third-order valence-electron chi connectivity index (χ3n) is 3.21. The van der Waals surface area contributed by atoms with Gasteiger partial charge in [-0.1, -0.05) is 17.7 Å². The number of nitrogens with zero attached hydrogens (tertiary/aromatic N) is 5. The highest BCUT2D eigenvalue weighted by Gasteiger charge is 2.14. The van der Waals surface area contributed by atoms with E-state index in [-0.39, 0.29) is 5.82 Å². The molecule has 0 unspecified atom stereocenters. The number of hydrogen-bond donors (Lipinski definition) is 0. The first-order chi connectivity index (χ1) is 10.1. The van der Waals surface area contributed by atoms with Gasteiger partial charge in [0, 0.05) is 35.9 Å². The van der Waals surface area contributed by atoms with Crippen molar-refractivity contribution in [2.24, 2.45) is 0 Å². The summed E-state index contributed by atoms with van der Waals surface area (Å²) in [6.45, 7) is 2.20. The first kappa shape index (κ1) is 13.8. The van der Waals surface area contributed by atoms with Gasteiger partial charge in [-0.2, -0.15) is 14.6 Å². The van der Waals surface area contributed by atoms with E-state index in [0.29, 0.717) is 22.9 Å². The quantitative estimate of drug-likeness (QED) is 0.746. The molecule has 3 rings (SSSR count). The van der Waals surface area contributed by atoms with Gasteiger partial charge in [0.2, 0.25) is 0 Å². The number of anilines is 1. The maximum atomic E-state index is 13.9. The van der Waals surface area contributed by atoms with Crippen molar-refractivity contribution >= 4 is 23.2 Å². The summed E-state index contributed by atoms with van der Waals surface area (Å²) in [5.74, 6) is 0.959. The second-order valence-electron chi connectivity index (χ2n) is 4.78. The lowest BCUT2D eigenvalue weighted by Crippen LogP contribution is -2.21. The van der Waals surface area contributed by atoms with Crippen molar-refractivity contribution < 1.29 is 4.39 Å². The first-order valence-corrected chi connectivity index (χ1v) is 6.75. The lowest BCUT2D eigenvalue weighted by Gasteiger charge is -2.21. The van der Waals surface area contributed by atoms with Crippen LogP contribution in [0, 0.1) is 12.7 Å².